The van der Waals surface area contributed by atoms with Crippen molar-refractivity contribution in [2.24, 2.45) is 11.8 Å². The van der Waals surface area contributed by atoms with E-state index >= 15 is 0 Å². The average Bonchev–Trinajstić information content (AvgIpc) is 2.48. The molecule has 11 heavy (non-hydrogen) atoms. The Labute approximate surface area is 67.0 Å². The first-order valence-corrected chi connectivity index (χ1v) is 4.52. The molecule has 2 atom stereocenters. The lowest BCUT2D eigenvalue weighted by atomic mass is 10.1. The molecule has 1 saturated carbocycles. The van der Waals surface area contributed by atoms with Crippen molar-refractivity contribution < 1.29 is 8.78 Å². The van der Waals surface area contributed by atoms with E-state index in [4.69, 9.17) is 0 Å². The third-order valence-electron chi connectivity index (χ3n) is 2.67. The molecular formula is C9H16F2. The number of hydrogen-bond acceptors (Lipinski definition) is 0. The molecule has 0 saturated heterocycles. The molecule has 0 radical (unpaired) electrons. The van der Waals surface area contributed by atoms with E-state index in [-0.39, 0.29) is 11.8 Å². The highest BCUT2D eigenvalue weighted by atomic mass is 19.3. The number of halogens is 2. The third kappa shape index (κ3) is 1.54. The van der Waals surface area contributed by atoms with Gasteiger partial charge in [0.25, 0.3) is 5.92 Å². The quantitative estimate of drug-likeness (QED) is 0.593. The van der Waals surface area contributed by atoms with Crippen LogP contribution in [0.4, 0.5) is 8.78 Å². The van der Waals surface area contributed by atoms with Gasteiger partial charge >= 0.3 is 0 Å². The number of rotatable bonds is 4. The molecule has 2 heteroatoms. The fourth-order valence-corrected chi connectivity index (χ4v) is 1.83. The van der Waals surface area contributed by atoms with E-state index in [1.165, 1.54) is 0 Å². The van der Waals surface area contributed by atoms with E-state index in [2.05, 4.69) is 0 Å². The van der Waals surface area contributed by atoms with Crippen molar-refractivity contribution >= 4 is 0 Å². The van der Waals surface area contributed by atoms with Gasteiger partial charge in [0.15, 0.2) is 0 Å². The van der Waals surface area contributed by atoms with Crippen LogP contribution >= 0.6 is 0 Å². The maximum atomic E-state index is 12.8. The molecule has 66 valence electrons. The smallest absolute Gasteiger partial charge is 0.206 e. The maximum absolute atomic E-state index is 12.8. The van der Waals surface area contributed by atoms with Gasteiger partial charge in [-0.05, 0) is 12.8 Å². The normalized spacial score (nSPS) is 33.8. The molecule has 0 N–H and O–H groups in total. The lowest BCUT2D eigenvalue weighted by Gasteiger charge is -1.93. The molecular weight excluding hydrogens is 146 g/mol. The van der Waals surface area contributed by atoms with Crippen molar-refractivity contribution in [2.45, 2.75) is 45.5 Å². The van der Waals surface area contributed by atoms with E-state index in [9.17, 15) is 8.78 Å². The van der Waals surface area contributed by atoms with Gasteiger partial charge in [0.1, 0.15) is 0 Å². The first-order chi connectivity index (χ1) is 5.14. The summed E-state index contributed by atoms with van der Waals surface area (Å²) < 4.78 is 25.6. The fraction of sp³-hybridized carbons (Fsp3) is 1.00. The molecule has 1 fully saturated rings. The molecule has 1 aliphatic carbocycles. The maximum Gasteiger partial charge on any atom is 0.254 e. The van der Waals surface area contributed by atoms with Crippen LogP contribution in [0.25, 0.3) is 0 Å². The largest absolute Gasteiger partial charge is 0.254 e. The number of unbranched alkanes of at least 4 members (excludes halogenated alkanes) is 1. The van der Waals surface area contributed by atoms with Gasteiger partial charge in [-0.3, -0.25) is 0 Å². The van der Waals surface area contributed by atoms with Crippen molar-refractivity contribution in [3.63, 3.8) is 0 Å². The Hall–Kier alpha value is -0.140. The van der Waals surface area contributed by atoms with Crippen molar-refractivity contribution in [3.05, 3.63) is 0 Å². The second-order valence-electron chi connectivity index (χ2n) is 3.44. The molecule has 0 nitrogen and oxygen atoms in total. The molecule has 1 rings (SSSR count). The predicted molar refractivity (Wildman–Crippen MR) is 41.7 cm³/mol. The Morgan fingerprint density at radius 2 is 1.82 bits per heavy atom. The SMILES string of the molecule is CCCCC1C(CC)C1(F)F. The number of hydrogen-bond donors (Lipinski definition) is 0. The third-order valence-corrected chi connectivity index (χ3v) is 2.67. The van der Waals surface area contributed by atoms with E-state index in [1.54, 1.807) is 0 Å². The predicted octanol–water partition coefficient (Wildman–Crippen LogP) is 3.47. The zero-order chi connectivity index (χ0) is 8.48. The van der Waals surface area contributed by atoms with Crippen molar-refractivity contribution in [2.75, 3.05) is 0 Å². The monoisotopic (exact) mass is 162 g/mol. The van der Waals surface area contributed by atoms with Gasteiger partial charge in [0.2, 0.25) is 0 Å². The summed E-state index contributed by atoms with van der Waals surface area (Å²) in [4.78, 5) is 0. The highest BCUT2D eigenvalue weighted by molar-refractivity contribution is 5.03. The molecule has 1 aliphatic rings. The Balaban J connectivity index is 2.28. The molecule has 0 aromatic carbocycles. The molecule has 0 aromatic heterocycles. The lowest BCUT2D eigenvalue weighted by molar-refractivity contribution is 0.0818. The highest BCUT2D eigenvalue weighted by Gasteiger charge is 2.65. The first kappa shape index (κ1) is 8.95. The van der Waals surface area contributed by atoms with Crippen LogP contribution in [0, 0.1) is 11.8 Å². The lowest BCUT2D eigenvalue weighted by Crippen LogP contribution is -1.94. The highest BCUT2D eigenvalue weighted by Crippen LogP contribution is 2.59. The minimum absolute atomic E-state index is 0.285. The summed E-state index contributed by atoms with van der Waals surface area (Å²) in [5, 5.41) is 0. The van der Waals surface area contributed by atoms with Gasteiger partial charge in [-0.1, -0.05) is 26.7 Å². The van der Waals surface area contributed by atoms with Gasteiger partial charge in [-0.2, -0.15) is 0 Å². The van der Waals surface area contributed by atoms with Crippen LogP contribution in [0.2, 0.25) is 0 Å². The van der Waals surface area contributed by atoms with Crippen LogP contribution < -0.4 is 0 Å². The Kier molecular flexibility index (Phi) is 2.50. The zero-order valence-electron chi connectivity index (χ0n) is 7.24. The van der Waals surface area contributed by atoms with Gasteiger partial charge in [0, 0.05) is 11.8 Å². The van der Waals surface area contributed by atoms with Crippen molar-refractivity contribution in [1.29, 1.82) is 0 Å². The second-order valence-corrected chi connectivity index (χ2v) is 3.44. The van der Waals surface area contributed by atoms with Crippen molar-refractivity contribution in [1.82, 2.24) is 0 Å². The Morgan fingerprint density at radius 1 is 1.18 bits per heavy atom. The first-order valence-electron chi connectivity index (χ1n) is 4.52. The molecule has 0 aliphatic heterocycles. The molecule has 0 spiro atoms. The summed E-state index contributed by atoms with van der Waals surface area (Å²) in [5.74, 6) is -2.90. The van der Waals surface area contributed by atoms with Crippen LogP contribution in [0.1, 0.15) is 39.5 Å². The van der Waals surface area contributed by atoms with Gasteiger partial charge in [-0.25, -0.2) is 8.78 Å². The van der Waals surface area contributed by atoms with Crippen LogP contribution in [-0.4, -0.2) is 5.92 Å². The van der Waals surface area contributed by atoms with E-state index < -0.39 is 5.92 Å². The van der Waals surface area contributed by atoms with E-state index in [0.717, 1.165) is 19.3 Å². The Bertz CT molecular complexity index is 132. The molecule has 0 amide bonds. The van der Waals surface area contributed by atoms with Crippen LogP contribution in [-0.2, 0) is 0 Å². The van der Waals surface area contributed by atoms with E-state index in [1.807, 2.05) is 13.8 Å². The fourth-order valence-electron chi connectivity index (χ4n) is 1.83. The minimum atomic E-state index is -2.32. The number of alkyl halides is 2. The topological polar surface area (TPSA) is 0 Å². The average molecular weight is 162 g/mol. The van der Waals surface area contributed by atoms with Crippen LogP contribution in [0.15, 0.2) is 0 Å². The summed E-state index contributed by atoms with van der Waals surface area (Å²) in [5.41, 5.74) is 0. The molecule has 0 bridgehead atoms. The standard InChI is InChI=1S/C9H16F2/c1-3-5-6-8-7(4-2)9(8,10)11/h7-8H,3-6H2,1-2H3. The van der Waals surface area contributed by atoms with Crippen LogP contribution in [0.3, 0.4) is 0 Å². The van der Waals surface area contributed by atoms with Gasteiger partial charge < -0.3 is 0 Å². The van der Waals surface area contributed by atoms with E-state index in [0.29, 0.717) is 6.42 Å². The minimum Gasteiger partial charge on any atom is -0.206 e. The van der Waals surface area contributed by atoms with Crippen molar-refractivity contribution in [3.8, 4) is 0 Å². The Morgan fingerprint density at radius 3 is 2.18 bits per heavy atom. The summed E-state index contributed by atoms with van der Waals surface area (Å²) >= 11 is 0. The van der Waals surface area contributed by atoms with Gasteiger partial charge in [0.05, 0.1) is 0 Å². The summed E-state index contributed by atoms with van der Waals surface area (Å²) in [6, 6.07) is 0. The molecule has 0 heterocycles. The zero-order valence-corrected chi connectivity index (χ0v) is 7.24. The molecule has 2 unspecified atom stereocenters. The second kappa shape index (κ2) is 3.08. The summed E-state index contributed by atoms with van der Waals surface area (Å²) in [7, 11) is 0. The van der Waals surface area contributed by atoms with Crippen LogP contribution in [0.5, 0.6) is 0 Å². The molecule has 0 aromatic rings. The van der Waals surface area contributed by atoms with Gasteiger partial charge in [-0.15, -0.1) is 0 Å². The summed E-state index contributed by atoms with van der Waals surface area (Å²) in [6.07, 6.45) is 3.35. The summed E-state index contributed by atoms with van der Waals surface area (Å²) in [6.45, 7) is 3.89.